The second-order valence-electron chi connectivity index (χ2n) is 4.20. The molecule has 21 heavy (non-hydrogen) atoms. The minimum Gasteiger partial charge on any atom is -0.491 e. The largest absolute Gasteiger partial charge is 0.491 e. The monoisotopic (exact) mass is 304 g/mol. The average molecular weight is 305 g/mol. The Morgan fingerprint density at radius 1 is 1.24 bits per heavy atom. The van der Waals surface area contributed by atoms with Gasteiger partial charge in [0.1, 0.15) is 0 Å². The first kappa shape index (κ1) is 15.2. The maximum Gasteiger partial charge on any atom is 0.179 e. The van der Waals surface area contributed by atoms with E-state index in [1.807, 2.05) is 43.3 Å². The fourth-order valence-electron chi connectivity index (χ4n) is 1.82. The molecule has 2 aromatic rings. The van der Waals surface area contributed by atoms with Crippen molar-refractivity contribution in [3.05, 3.63) is 53.1 Å². The Kier molecular flexibility index (Phi) is 5.46. The van der Waals surface area contributed by atoms with Gasteiger partial charge in [-0.25, -0.2) is 0 Å². The van der Waals surface area contributed by atoms with Gasteiger partial charge >= 0.3 is 0 Å². The molecule has 0 saturated heterocycles. The molecule has 0 spiro atoms. The number of ether oxygens (including phenoxy) is 2. The van der Waals surface area contributed by atoms with Gasteiger partial charge in [0.25, 0.3) is 0 Å². The van der Waals surface area contributed by atoms with Crippen LogP contribution in [0.5, 0.6) is 11.5 Å². The van der Waals surface area contributed by atoms with Gasteiger partial charge in [0.05, 0.1) is 30.6 Å². The van der Waals surface area contributed by atoms with Crippen LogP contribution in [0.15, 0.2) is 47.6 Å². The second-order valence-corrected chi connectivity index (χ2v) is 4.61. The Balaban J connectivity index is 2.16. The minimum absolute atomic E-state index is 0.490. The van der Waals surface area contributed by atoms with E-state index in [4.69, 9.17) is 21.1 Å². The Hall–Kier alpha value is -2.20. The smallest absolute Gasteiger partial charge is 0.179 e. The Morgan fingerprint density at radius 2 is 2.00 bits per heavy atom. The van der Waals surface area contributed by atoms with E-state index in [1.165, 1.54) is 0 Å². The van der Waals surface area contributed by atoms with Crippen molar-refractivity contribution in [1.82, 2.24) is 0 Å². The summed E-state index contributed by atoms with van der Waals surface area (Å²) in [5, 5.41) is 4.67. The third kappa shape index (κ3) is 4.13. The summed E-state index contributed by atoms with van der Waals surface area (Å²) >= 11 is 6.18. The van der Waals surface area contributed by atoms with Gasteiger partial charge in [0.2, 0.25) is 0 Å². The van der Waals surface area contributed by atoms with Crippen LogP contribution in [0.4, 0.5) is 5.69 Å². The van der Waals surface area contributed by atoms with E-state index >= 15 is 0 Å². The molecule has 0 atom stereocenters. The van der Waals surface area contributed by atoms with E-state index < -0.39 is 0 Å². The molecule has 0 aromatic heterocycles. The highest BCUT2D eigenvalue weighted by Crippen LogP contribution is 2.35. The fourth-order valence-corrected chi connectivity index (χ4v) is 2.11. The fraction of sp³-hybridized carbons (Fsp3) is 0.188. The molecule has 110 valence electrons. The summed E-state index contributed by atoms with van der Waals surface area (Å²) in [6, 6.07) is 13.3. The van der Waals surface area contributed by atoms with E-state index in [0.29, 0.717) is 23.1 Å². The number of anilines is 1. The predicted molar refractivity (Wildman–Crippen MR) is 86.8 cm³/mol. The van der Waals surface area contributed by atoms with Crippen LogP contribution in [-0.4, -0.2) is 19.9 Å². The highest BCUT2D eigenvalue weighted by Gasteiger charge is 2.10. The van der Waals surface area contributed by atoms with Gasteiger partial charge in [-0.2, -0.15) is 5.10 Å². The second kappa shape index (κ2) is 7.55. The first-order chi connectivity index (χ1) is 10.2. The molecule has 0 saturated carbocycles. The van der Waals surface area contributed by atoms with Gasteiger partial charge in [-0.05, 0) is 36.8 Å². The molecule has 2 rings (SSSR count). The van der Waals surface area contributed by atoms with Gasteiger partial charge in [-0.3, -0.25) is 5.43 Å². The van der Waals surface area contributed by atoms with Gasteiger partial charge in [-0.15, -0.1) is 0 Å². The highest BCUT2D eigenvalue weighted by atomic mass is 35.5. The Morgan fingerprint density at radius 3 is 2.67 bits per heavy atom. The SMILES string of the molecule is CCOc1cc(/C=N/Nc2ccccc2)cc(Cl)c1OC. The van der Waals surface area contributed by atoms with Crippen LogP contribution in [0.2, 0.25) is 5.02 Å². The Labute approximate surface area is 129 Å². The average Bonchev–Trinajstić information content (AvgIpc) is 2.48. The lowest BCUT2D eigenvalue weighted by Gasteiger charge is -2.11. The zero-order valence-corrected chi connectivity index (χ0v) is 12.7. The lowest BCUT2D eigenvalue weighted by molar-refractivity contribution is 0.311. The summed E-state index contributed by atoms with van der Waals surface area (Å²) in [5.74, 6) is 1.14. The van der Waals surface area contributed by atoms with Gasteiger partial charge in [0.15, 0.2) is 11.5 Å². The summed E-state index contributed by atoms with van der Waals surface area (Å²) in [5.41, 5.74) is 4.69. The molecule has 0 unspecified atom stereocenters. The van der Waals surface area contributed by atoms with Crippen LogP contribution < -0.4 is 14.9 Å². The summed E-state index contributed by atoms with van der Waals surface area (Å²) in [7, 11) is 1.56. The molecule has 0 amide bonds. The van der Waals surface area contributed by atoms with Crippen molar-refractivity contribution in [3.63, 3.8) is 0 Å². The van der Waals surface area contributed by atoms with E-state index in [0.717, 1.165) is 11.3 Å². The quantitative estimate of drug-likeness (QED) is 0.642. The highest BCUT2D eigenvalue weighted by molar-refractivity contribution is 6.32. The van der Waals surface area contributed by atoms with Crippen molar-refractivity contribution >= 4 is 23.5 Å². The zero-order valence-electron chi connectivity index (χ0n) is 12.0. The van der Waals surface area contributed by atoms with Gasteiger partial charge in [0, 0.05) is 0 Å². The molecule has 4 nitrogen and oxygen atoms in total. The van der Waals surface area contributed by atoms with Crippen molar-refractivity contribution in [3.8, 4) is 11.5 Å². The lowest BCUT2D eigenvalue weighted by atomic mass is 10.2. The summed E-state index contributed by atoms with van der Waals surface area (Å²) in [4.78, 5) is 0. The number of hydrogen-bond acceptors (Lipinski definition) is 4. The third-order valence-electron chi connectivity index (χ3n) is 2.72. The lowest BCUT2D eigenvalue weighted by Crippen LogP contribution is -1.98. The van der Waals surface area contributed by atoms with Crippen molar-refractivity contribution in [1.29, 1.82) is 0 Å². The van der Waals surface area contributed by atoms with Crippen molar-refractivity contribution in [2.75, 3.05) is 19.1 Å². The number of nitrogens with zero attached hydrogens (tertiary/aromatic N) is 1. The molecular formula is C16H17ClN2O2. The Bertz CT molecular complexity index is 615. The van der Waals surface area contributed by atoms with Crippen LogP contribution in [-0.2, 0) is 0 Å². The van der Waals surface area contributed by atoms with Gasteiger partial charge in [-0.1, -0.05) is 29.8 Å². The van der Waals surface area contributed by atoms with E-state index in [-0.39, 0.29) is 0 Å². The first-order valence-electron chi connectivity index (χ1n) is 6.59. The van der Waals surface area contributed by atoms with E-state index in [1.54, 1.807) is 19.4 Å². The number of para-hydroxylation sites is 1. The molecule has 5 heteroatoms. The normalized spacial score (nSPS) is 10.6. The molecule has 0 aliphatic rings. The van der Waals surface area contributed by atoms with Crippen molar-refractivity contribution in [2.45, 2.75) is 6.92 Å². The summed E-state index contributed by atoms with van der Waals surface area (Å²) in [6.07, 6.45) is 1.68. The van der Waals surface area contributed by atoms with Crippen LogP contribution in [0.25, 0.3) is 0 Å². The number of rotatable bonds is 6. The van der Waals surface area contributed by atoms with E-state index in [9.17, 15) is 0 Å². The minimum atomic E-state index is 0.490. The van der Waals surface area contributed by atoms with Crippen LogP contribution >= 0.6 is 11.6 Å². The number of nitrogens with one attached hydrogen (secondary N) is 1. The number of hydrogen-bond donors (Lipinski definition) is 1. The summed E-state index contributed by atoms with van der Waals surface area (Å²) < 4.78 is 10.8. The molecule has 0 aliphatic heterocycles. The molecular weight excluding hydrogens is 288 g/mol. The van der Waals surface area contributed by atoms with Crippen LogP contribution in [0.1, 0.15) is 12.5 Å². The molecule has 2 aromatic carbocycles. The number of hydrazone groups is 1. The topological polar surface area (TPSA) is 42.8 Å². The maximum atomic E-state index is 6.18. The molecule has 0 aliphatic carbocycles. The van der Waals surface area contributed by atoms with Crippen molar-refractivity contribution < 1.29 is 9.47 Å². The van der Waals surface area contributed by atoms with Crippen LogP contribution in [0.3, 0.4) is 0 Å². The number of methoxy groups -OCH3 is 1. The van der Waals surface area contributed by atoms with E-state index in [2.05, 4.69) is 10.5 Å². The number of benzene rings is 2. The maximum absolute atomic E-state index is 6.18. The predicted octanol–water partition coefficient (Wildman–Crippen LogP) is 4.19. The third-order valence-corrected chi connectivity index (χ3v) is 3.00. The van der Waals surface area contributed by atoms with Gasteiger partial charge < -0.3 is 9.47 Å². The molecule has 0 radical (unpaired) electrons. The molecule has 1 N–H and O–H groups in total. The van der Waals surface area contributed by atoms with Crippen molar-refractivity contribution in [2.24, 2.45) is 5.10 Å². The first-order valence-corrected chi connectivity index (χ1v) is 6.97. The standard InChI is InChI=1S/C16H17ClN2O2/c1-3-21-15-10-12(9-14(17)16(15)20-2)11-18-19-13-7-5-4-6-8-13/h4-11,19H,3H2,1-2H3/b18-11+. The summed E-state index contributed by atoms with van der Waals surface area (Å²) in [6.45, 7) is 2.45. The molecule has 0 fully saturated rings. The molecule has 0 bridgehead atoms. The number of halogens is 1. The van der Waals surface area contributed by atoms with Crippen LogP contribution in [0, 0.1) is 0 Å². The zero-order chi connectivity index (χ0) is 15.1. The molecule has 0 heterocycles.